The van der Waals surface area contributed by atoms with E-state index in [2.05, 4.69) is 15.1 Å². The molecule has 3 aromatic rings. The number of carbonyl (C=O) groups is 1. The second-order valence-corrected chi connectivity index (χ2v) is 4.81. The van der Waals surface area contributed by atoms with Gasteiger partial charge in [-0.1, -0.05) is 5.16 Å². The van der Waals surface area contributed by atoms with Gasteiger partial charge >= 0.3 is 0 Å². The van der Waals surface area contributed by atoms with Gasteiger partial charge in [0, 0.05) is 24.2 Å². The van der Waals surface area contributed by atoms with Gasteiger partial charge < -0.3 is 15.0 Å². The Hall–Kier alpha value is -3.22. The molecular weight excluding hydrogens is 296 g/mol. The molecule has 0 aliphatic heterocycles. The van der Waals surface area contributed by atoms with Crippen LogP contribution in [0.3, 0.4) is 0 Å². The number of hydrogen-bond acceptors (Lipinski definition) is 6. The van der Waals surface area contributed by atoms with Gasteiger partial charge in [-0.15, -0.1) is 0 Å². The number of aryl methyl sites for hydroxylation is 1. The molecule has 1 amide bonds. The molecule has 0 fully saturated rings. The molecule has 7 heteroatoms. The highest BCUT2D eigenvalue weighted by atomic mass is 16.5. The van der Waals surface area contributed by atoms with Gasteiger partial charge in [-0.25, -0.2) is 4.98 Å². The van der Waals surface area contributed by atoms with Crippen LogP contribution in [0.5, 0.6) is 5.88 Å². The normalized spacial score (nSPS) is 10.5. The number of pyridine rings is 2. The second-order valence-electron chi connectivity index (χ2n) is 4.81. The Labute approximate surface area is 132 Å². The van der Waals surface area contributed by atoms with Crippen LogP contribution >= 0.6 is 0 Å². The van der Waals surface area contributed by atoms with Crippen molar-refractivity contribution in [2.75, 3.05) is 0 Å². The maximum atomic E-state index is 11.4. The van der Waals surface area contributed by atoms with Gasteiger partial charge in [-0.3, -0.25) is 9.78 Å². The third-order valence-corrected chi connectivity index (χ3v) is 3.33. The number of nitrogens with two attached hydrogens (primary N) is 1. The molecule has 0 saturated heterocycles. The Morgan fingerprint density at radius 3 is 2.78 bits per heavy atom. The van der Waals surface area contributed by atoms with Gasteiger partial charge in [0.1, 0.15) is 23.6 Å². The van der Waals surface area contributed by atoms with Gasteiger partial charge in [-0.05, 0) is 31.2 Å². The SMILES string of the molecule is Cc1onc(-c2ccncc2)c1COc1ncccc1C(N)=O. The molecule has 0 radical (unpaired) electrons. The number of hydrogen-bond donors (Lipinski definition) is 1. The van der Waals surface area contributed by atoms with E-state index in [4.69, 9.17) is 15.0 Å². The molecule has 0 unspecified atom stereocenters. The third kappa shape index (κ3) is 3.03. The lowest BCUT2D eigenvalue weighted by atomic mass is 10.1. The Morgan fingerprint density at radius 1 is 1.26 bits per heavy atom. The minimum Gasteiger partial charge on any atom is -0.472 e. The summed E-state index contributed by atoms with van der Waals surface area (Å²) in [5.74, 6) is 0.221. The lowest BCUT2D eigenvalue weighted by Crippen LogP contribution is -2.14. The Morgan fingerprint density at radius 2 is 2.04 bits per heavy atom. The number of amides is 1. The van der Waals surface area contributed by atoms with Gasteiger partial charge in [-0.2, -0.15) is 0 Å². The number of ether oxygens (including phenoxy) is 1. The van der Waals surface area contributed by atoms with Crippen LogP contribution in [0.1, 0.15) is 21.7 Å². The summed E-state index contributed by atoms with van der Waals surface area (Å²) in [6, 6.07) is 6.85. The van der Waals surface area contributed by atoms with Crippen molar-refractivity contribution in [1.29, 1.82) is 0 Å². The van der Waals surface area contributed by atoms with E-state index < -0.39 is 5.91 Å². The molecule has 0 spiro atoms. The molecule has 3 aromatic heterocycles. The van der Waals surface area contributed by atoms with Crippen molar-refractivity contribution in [3.05, 3.63) is 59.7 Å². The van der Waals surface area contributed by atoms with Gasteiger partial charge in [0.2, 0.25) is 5.88 Å². The molecule has 0 atom stereocenters. The quantitative estimate of drug-likeness (QED) is 0.774. The summed E-state index contributed by atoms with van der Waals surface area (Å²) in [4.78, 5) is 19.4. The average Bonchev–Trinajstić information content (AvgIpc) is 2.94. The predicted molar refractivity (Wildman–Crippen MR) is 81.6 cm³/mol. The molecule has 0 saturated carbocycles. The number of rotatable bonds is 5. The zero-order valence-corrected chi connectivity index (χ0v) is 12.4. The highest BCUT2D eigenvalue weighted by molar-refractivity contribution is 5.94. The average molecular weight is 310 g/mol. The Kier molecular flexibility index (Phi) is 4.01. The number of primary amides is 1. The molecule has 116 valence electrons. The standard InChI is InChI=1S/C16H14N4O3/c1-10-13(14(20-23-10)11-4-7-18-8-5-11)9-22-16-12(15(17)21)3-2-6-19-16/h2-8H,9H2,1H3,(H2,17,21). The summed E-state index contributed by atoms with van der Waals surface area (Å²) < 4.78 is 10.9. The van der Waals surface area contributed by atoms with E-state index in [1.165, 1.54) is 6.20 Å². The van der Waals surface area contributed by atoms with Crippen molar-refractivity contribution in [2.45, 2.75) is 13.5 Å². The lowest BCUT2D eigenvalue weighted by Gasteiger charge is -2.08. The van der Waals surface area contributed by atoms with E-state index in [0.717, 1.165) is 11.1 Å². The summed E-state index contributed by atoms with van der Waals surface area (Å²) in [5, 5.41) is 4.06. The molecule has 7 nitrogen and oxygen atoms in total. The fourth-order valence-electron chi connectivity index (χ4n) is 2.13. The predicted octanol–water partition coefficient (Wildman–Crippen LogP) is 2.12. The first-order valence-electron chi connectivity index (χ1n) is 6.90. The van der Waals surface area contributed by atoms with Gasteiger partial charge in [0.25, 0.3) is 5.91 Å². The fourth-order valence-corrected chi connectivity index (χ4v) is 2.13. The number of nitrogens with zero attached hydrogens (tertiary/aromatic N) is 3. The Balaban J connectivity index is 1.88. The van der Waals surface area contributed by atoms with E-state index in [0.29, 0.717) is 11.5 Å². The summed E-state index contributed by atoms with van der Waals surface area (Å²) in [5.41, 5.74) is 7.86. The summed E-state index contributed by atoms with van der Waals surface area (Å²) >= 11 is 0. The zero-order valence-electron chi connectivity index (χ0n) is 12.4. The molecule has 2 N–H and O–H groups in total. The van der Waals surface area contributed by atoms with Crippen LogP contribution in [-0.4, -0.2) is 21.0 Å². The molecule has 0 aromatic carbocycles. The maximum Gasteiger partial charge on any atom is 0.254 e. The number of carbonyl (C=O) groups excluding carboxylic acids is 1. The minimum atomic E-state index is -0.593. The first-order valence-corrected chi connectivity index (χ1v) is 6.90. The molecule has 0 aliphatic carbocycles. The van der Waals surface area contributed by atoms with Crippen molar-refractivity contribution >= 4 is 5.91 Å². The van der Waals surface area contributed by atoms with Gasteiger partial charge in [0.05, 0.1) is 5.56 Å². The topological polar surface area (TPSA) is 104 Å². The summed E-state index contributed by atoms with van der Waals surface area (Å²) in [6.07, 6.45) is 4.88. The molecule has 3 rings (SSSR count). The van der Waals surface area contributed by atoms with E-state index in [1.807, 2.05) is 12.1 Å². The molecule has 0 aliphatic rings. The molecule has 0 bridgehead atoms. The highest BCUT2D eigenvalue weighted by Crippen LogP contribution is 2.26. The molecule has 23 heavy (non-hydrogen) atoms. The summed E-state index contributed by atoms with van der Waals surface area (Å²) in [6.45, 7) is 1.95. The third-order valence-electron chi connectivity index (χ3n) is 3.33. The Bertz CT molecular complexity index is 830. The monoisotopic (exact) mass is 310 g/mol. The smallest absolute Gasteiger partial charge is 0.254 e. The van der Waals surface area contributed by atoms with Crippen LogP contribution in [0, 0.1) is 6.92 Å². The van der Waals surface area contributed by atoms with Crippen molar-refractivity contribution in [3.8, 4) is 17.1 Å². The first kappa shape index (κ1) is 14.7. The minimum absolute atomic E-state index is 0.157. The fraction of sp³-hybridized carbons (Fsp3) is 0.125. The van der Waals surface area contributed by atoms with Crippen LogP contribution in [0.25, 0.3) is 11.3 Å². The van der Waals surface area contributed by atoms with E-state index in [1.54, 1.807) is 31.5 Å². The van der Waals surface area contributed by atoms with Crippen molar-refractivity contribution < 1.29 is 14.1 Å². The van der Waals surface area contributed by atoms with Crippen LogP contribution in [0.4, 0.5) is 0 Å². The van der Waals surface area contributed by atoms with Crippen molar-refractivity contribution in [3.63, 3.8) is 0 Å². The highest BCUT2D eigenvalue weighted by Gasteiger charge is 2.17. The van der Waals surface area contributed by atoms with Gasteiger partial charge in [0.15, 0.2) is 0 Å². The molecule has 3 heterocycles. The van der Waals surface area contributed by atoms with Crippen LogP contribution in [0.2, 0.25) is 0 Å². The molecular formula is C16H14N4O3. The summed E-state index contributed by atoms with van der Waals surface area (Å²) in [7, 11) is 0. The van der Waals surface area contributed by atoms with E-state index in [-0.39, 0.29) is 18.1 Å². The van der Waals surface area contributed by atoms with Crippen molar-refractivity contribution in [2.24, 2.45) is 5.73 Å². The van der Waals surface area contributed by atoms with Crippen LogP contribution < -0.4 is 10.5 Å². The largest absolute Gasteiger partial charge is 0.472 e. The van der Waals surface area contributed by atoms with E-state index in [9.17, 15) is 4.79 Å². The van der Waals surface area contributed by atoms with Crippen LogP contribution in [0.15, 0.2) is 47.4 Å². The second kappa shape index (κ2) is 6.27. The van der Waals surface area contributed by atoms with Crippen LogP contribution in [-0.2, 0) is 6.61 Å². The van der Waals surface area contributed by atoms with E-state index >= 15 is 0 Å². The maximum absolute atomic E-state index is 11.4. The first-order chi connectivity index (χ1) is 11.2. The van der Waals surface area contributed by atoms with Crippen molar-refractivity contribution in [1.82, 2.24) is 15.1 Å². The number of aromatic nitrogens is 3. The zero-order chi connectivity index (χ0) is 16.2. The lowest BCUT2D eigenvalue weighted by molar-refractivity contribution is 0.0995.